The Morgan fingerprint density at radius 2 is 2.24 bits per heavy atom. The average molecular weight is 288 g/mol. The number of ether oxygens (including phenoxy) is 1. The summed E-state index contributed by atoms with van der Waals surface area (Å²) in [5.74, 6) is 0.652. The summed E-state index contributed by atoms with van der Waals surface area (Å²) in [4.78, 5) is 12.1. The highest BCUT2D eigenvalue weighted by Gasteiger charge is 2.18. The van der Waals surface area contributed by atoms with Crippen molar-refractivity contribution in [2.45, 2.75) is 26.3 Å². The maximum atomic E-state index is 12.1. The van der Waals surface area contributed by atoms with Crippen molar-refractivity contribution in [3.8, 4) is 5.75 Å². The number of anilines is 1. The number of nitrogens with zero attached hydrogens (tertiary/aromatic N) is 1. The summed E-state index contributed by atoms with van der Waals surface area (Å²) in [6.07, 6.45) is 0. The van der Waals surface area contributed by atoms with E-state index in [1.54, 1.807) is 7.11 Å². The molecular formula is C15H20N4O2. The summed E-state index contributed by atoms with van der Waals surface area (Å²) in [7, 11) is 1.61. The third kappa shape index (κ3) is 3.34. The fraction of sp³-hybridized carbons (Fsp3) is 0.333. The number of benzene rings is 1. The molecule has 2 aromatic rings. The summed E-state index contributed by atoms with van der Waals surface area (Å²) in [5, 5.41) is 9.61. The van der Waals surface area contributed by atoms with Crippen LogP contribution in [0.4, 0.5) is 5.69 Å². The van der Waals surface area contributed by atoms with Crippen LogP contribution in [0.5, 0.6) is 5.75 Å². The van der Waals surface area contributed by atoms with Gasteiger partial charge in [0.25, 0.3) is 5.91 Å². The van der Waals surface area contributed by atoms with Crippen LogP contribution in [-0.4, -0.2) is 23.2 Å². The number of nitrogens with two attached hydrogens (primary N) is 1. The Labute approximate surface area is 123 Å². The van der Waals surface area contributed by atoms with Crippen molar-refractivity contribution < 1.29 is 9.53 Å². The minimum atomic E-state index is -0.293. The first-order chi connectivity index (χ1) is 10.0. The number of aromatic nitrogens is 2. The second-order valence-electron chi connectivity index (χ2n) is 5.09. The lowest BCUT2D eigenvalue weighted by molar-refractivity contribution is 0.0946. The Kier molecular flexibility index (Phi) is 4.47. The molecule has 0 saturated heterocycles. The Balaban J connectivity index is 2.05. The first-order valence-electron chi connectivity index (χ1n) is 6.77. The van der Waals surface area contributed by atoms with Crippen molar-refractivity contribution in [1.29, 1.82) is 0 Å². The summed E-state index contributed by atoms with van der Waals surface area (Å²) >= 11 is 0. The molecule has 0 fully saturated rings. The highest BCUT2D eigenvalue weighted by Crippen LogP contribution is 2.22. The van der Waals surface area contributed by atoms with E-state index in [0.717, 1.165) is 17.0 Å². The molecule has 112 valence electrons. The van der Waals surface area contributed by atoms with Crippen molar-refractivity contribution in [3.63, 3.8) is 0 Å². The molecular weight excluding hydrogens is 268 g/mol. The van der Waals surface area contributed by atoms with E-state index in [1.807, 2.05) is 38.1 Å². The average Bonchev–Trinajstić information content (AvgIpc) is 2.87. The maximum absolute atomic E-state index is 12.1. The molecule has 0 saturated carbocycles. The van der Waals surface area contributed by atoms with Gasteiger partial charge in [0.15, 0.2) is 5.69 Å². The zero-order chi connectivity index (χ0) is 15.4. The van der Waals surface area contributed by atoms with Gasteiger partial charge < -0.3 is 15.8 Å². The van der Waals surface area contributed by atoms with E-state index in [2.05, 4.69) is 15.5 Å². The van der Waals surface area contributed by atoms with Crippen molar-refractivity contribution in [2.75, 3.05) is 12.8 Å². The van der Waals surface area contributed by atoms with Crippen LogP contribution in [0.25, 0.3) is 0 Å². The van der Waals surface area contributed by atoms with Crippen LogP contribution in [0, 0.1) is 0 Å². The molecule has 0 aliphatic rings. The van der Waals surface area contributed by atoms with E-state index in [-0.39, 0.29) is 17.5 Å². The minimum absolute atomic E-state index is 0.192. The number of hydrogen-bond acceptors (Lipinski definition) is 4. The Bertz CT molecular complexity index is 634. The SMILES string of the molecule is COc1cccc(CNC(=O)c2n[nH]c(C(C)C)c2N)c1. The van der Waals surface area contributed by atoms with Gasteiger partial charge in [-0.25, -0.2) is 0 Å². The quantitative estimate of drug-likeness (QED) is 0.785. The van der Waals surface area contributed by atoms with Crippen molar-refractivity contribution >= 4 is 11.6 Å². The smallest absolute Gasteiger partial charge is 0.274 e. The highest BCUT2D eigenvalue weighted by molar-refractivity contribution is 5.97. The molecule has 0 spiro atoms. The van der Waals surface area contributed by atoms with Crippen molar-refractivity contribution in [2.24, 2.45) is 0 Å². The Morgan fingerprint density at radius 1 is 1.48 bits per heavy atom. The first-order valence-corrected chi connectivity index (χ1v) is 6.77. The van der Waals surface area contributed by atoms with Gasteiger partial charge in [0, 0.05) is 6.54 Å². The van der Waals surface area contributed by atoms with Crippen LogP contribution in [0.3, 0.4) is 0 Å². The number of amides is 1. The molecule has 6 nitrogen and oxygen atoms in total. The predicted molar refractivity (Wildman–Crippen MR) is 81.3 cm³/mol. The molecule has 0 aliphatic carbocycles. The molecule has 6 heteroatoms. The highest BCUT2D eigenvalue weighted by atomic mass is 16.5. The lowest BCUT2D eigenvalue weighted by atomic mass is 10.1. The number of carbonyl (C=O) groups excluding carboxylic acids is 1. The monoisotopic (exact) mass is 288 g/mol. The largest absolute Gasteiger partial charge is 0.497 e. The molecule has 1 heterocycles. The fourth-order valence-corrected chi connectivity index (χ4v) is 2.03. The van der Waals surface area contributed by atoms with Gasteiger partial charge in [-0.1, -0.05) is 26.0 Å². The molecule has 1 aromatic heterocycles. The summed E-state index contributed by atoms with van der Waals surface area (Å²) in [6, 6.07) is 7.51. The van der Waals surface area contributed by atoms with E-state index in [0.29, 0.717) is 12.2 Å². The summed E-state index contributed by atoms with van der Waals surface area (Å²) in [6.45, 7) is 4.36. The summed E-state index contributed by atoms with van der Waals surface area (Å²) < 4.78 is 5.15. The van der Waals surface area contributed by atoms with E-state index < -0.39 is 0 Å². The van der Waals surface area contributed by atoms with Gasteiger partial charge in [-0.3, -0.25) is 9.89 Å². The third-order valence-electron chi connectivity index (χ3n) is 3.21. The van der Waals surface area contributed by atoms with Gasteiger partial charge in [0.05, 0.1) is 18.5 Å². The maximum Gasteiger partial charge on any atom is 0.274 e. The van der Waals surface area contributed by atoms with Crippen LogP contribution < -0.4 is 15.8 Å². The molecule has 1 amide bonds. The second-order valence-corrected chi connectivity index (χ2v) is 5.09. The van der Waals surface area contributed by atoms with Crippen LogP contribution in [0.2, 0.25) is 0 Å². The molecule has 0 aliphatic heterocycles. The van der Waals surface area contributed by atoms with Crippen LogP contribution in [-0.2, 0) is 6.54 Å². The lowest BCUT2D eigenvalue weighted by Gasteiger charge is -2.06. The predicted octanol–water partition coefficient (Wildman–Crippen LogP) is 2.05. The van der Waals surface area contributed by atoms with E-state index >= 15 is 0 Å². The van der Waals surface area contributed by atoms with E-state index in [9.17, 15) is 4.79 Å². The molecule has 21 heavy (non-hydrogen) atoms. The topological polar surface area (TPSA) is 93.0 Å². The Hall–Kier alpha value is -2.50. The standard InChI is InChI=1S/C15H20N4O2/c1-9(2)13-12(16)14(19-18-13)15(20)17-8-10-5-4-6-11(7-10)21-3/h4-7,9H,8,16H2,1-3H3,(H,17,20)(H,18,19). The molecule has 4 N–H and O–H groups in total. The van der Waals surface area contributed by atoms with Crippen molar-refractivity contribution in [3.05, 3.63) is 41.2 Å². The van der Waals surface area contributed by atoms with Crippen LogP contribution in [0.1, 0.15) is 41.5 Å². The zero-order valence-corrected chi connectivity index (χ0v) is 12.4. The van der Waals surface area contributed by atoms with Gasteiger partial charge in [0.1, 0.15) is 5.75 Å². The lowest BCUT2D eigenvalue weighted by Crippen LogP contribution is -2.24. The van der Waals surface area contributed by atoms with Crippen molar-refractivity contribution in [1.82, 2.24) is 15.5 Å². The Morgan fingerprint density at radius 3 is 2.86 bits per heavy atom. The number of rotatable bonds is 5. The van der Waals surface area contributed by atoms with Gasteiger partial charge in [-0.2, -0.15) is 5.10 Å². The fourth-order valence-electron chi connectivity index (χ4n) is 2.03. The van der Waals surface area contributed by atoms with E-state index in [4.69, 9.17) is 10.5 Å². The van der Waals surface area contributed by atoms with Gasteiger partial charge >= 0.3 is 0 Å². The molecule has 0 atom stereocenters. The third-order valence-corrected chi connectivity index (χ3v) is 3.21. The second kappa shape index (κ2) is 6.30. The van der Waals surface area contributed by atoms with Gasteiger partial charge in [-0.15, -0.1) is 0 Å². The molecule has 0 bridgehead atoms. The normalized spacial score (nSPS) is 10.7. The van der Waals surface area contributed by atoms with Gasteiger partial charge in [0.2, 0.25) is 0 Å². The van der Waals surface area contributed by atoms with Gasteiger partial charge in [-0.05, 0) is 23.6 Å². The number of hydrogen-bond donors (Lipinski definition) is 3. The number of nitrogen functional groups attached to an aromatic ring is 1. The first kappa shape index (κ1) is 14.9. The number of H-pyrrole nitrogens is 1. The minimum Gasteiger partial charge on any atom is -0.497 e. The molecule has 2 rings (SSSR count). The number of aromatic amines is 1. The van der Waals surface area contributed by atoms with E-state index in [1.165, 1.54) is 0 Å². The molecule has 0 unspecified atom stereocenters. The van der Waals surface area contributed by atoms with Crippen LogP contribution in [0.15, 0.2) is 24.3 Å². The zero-order valence-electron chi connectivity index (χ0n) is 12.4. The summed E-state index contributed by atoms with van der Waals surface area (Å²) in [5.41, 5.74) is 8.32. The number of nitrogens with one attached hydrogen (secondary N) is 2. The number of carbonyl (C=O) groups is 1. The van der Waals surface area contributed by atoms with Crippen LogP contribution >= 0.6 is 0 Å². The molecule has 1 aromatic carbocycles. The molecule has 0 radical (unpaired) electrons. The number of methoxy groups -OCH3 is 1.